The number of rotatable bonds is 4. The van der Waals surface area contributed by atoms with Gasteiger partial charge in [0.25, 0.3) is 10.0 Å². The summed E-state index contributed by atoms with van der Waals surface area (Å²) in [6.07, 6.45) is 2.01. The van der Waals surface area contributed by atoms with E-state index in [1.165, 1.54) is 18.3 Å². The summed E-state index contributed by atoms with van der Waals surface area (Å²) in [5, 5.41) is 8.63. The van der Waals surface area contributed by atoms with Crippen LogP contribution in [0.1, 0.15) is 11.3 Å². The molecule has 0 saturated carbocycles. The van der Waals surface area contributed by atoms with Crippen LogP contribution in [0.3, 0.4) is 0 Å². The molecule has 0 bridgehead atoms. The number of carboxylic acids is 1. The average molecular weight is 280 g/mol. The Bertz CT molecular complexity index is 702. The van der Waals surface area contributed by atoms with E-state index in [-0.39, 0.29) is 17.0 Å². The third-order valence-corrected chi connectivity index (χ3v) is 4.17. The molecule has 19 heavy (non-hydrogen) atoms. The first-order chi connectivity index (χ1) is 8.89. The molecule has 1 heterocycles. The molecule has 0 atom stereocenters. The first-order valence-corrected chi connectivity index (χ1v) is 6.90. The predicted molar refractivity (Wildman–Crippen MR) is 67.3 cm³/mol. The third-order valence-electron chi connectivity index (χ3n) is 2.54. The normalized spacial score (nSPS) is 11.4. The van der Waals surface area contributed by atoms with Crippen molar-refractivity contribution in [1.82, 2.24) is 8.96 Å². The van der Waals surface area contributed by atoms with E-state index in [9.17, 15) is 13.2 Å². The van der Waals surface area contributed by atoms with Gasteiger partial charge in [-0.15, -0.1) is 0 Å². The lowest BCUT2D eigenvalue weighted by Gasteiger charge is -2.04. The molecule has 6 nitrogen and oxygen atoms in total. The topological polar surface area (TPSA) is 89.3 Å². The summed E-state index contributed by atoms with van der Waals surface area (Å²) in [6.45, 7) is 1.86. The van der Waals surface area contributed by atoms with Gasteiger partial charge in [-0.05, 0) is 19.1 Å². The van der Waals surface area contributed by atoms with E-state index >= 15 is 0 Å². The van der Waals surface area contributed by atoms with Crippen LogP contribution in [0.4, 0.5) is 0 Å². The van der Waals surface area contributed by atoms with E-state index in [0.29, 0.717) is 0 Å². The number of hydrogen-bond acceptors (Lipinski definition) is 4. The minimum atomic E-state index is -3.71. The van der Waals surface area contributed by atoms with Crippen LogP contribution in [-0.4, -0.2) is 28.5 Å². The third kappa shape index (κ3) is 2.82. The number of hydrogen-bond donors (Lipinski definition) is 1. The highest BCUT2D eigenvalue weighted by atomic mass is 32.2. The van der Waals surface area contributed by atoms with Crippen molar-refractivity contribution in [2.75, 3.05) is 0 Å². The number of benzene rings is 1. The molecule has 1 N–H and O–H groups in total. The Morgan fingerprint density at radius 3 is 2.53 bits per heavy atom. The van der Waals surface area contributed by atoms with E-state index in [2.05, 4.69) is 4.98 Å². The van der Waals surface area contributed by atoms with Crippen LogP contribution in [-0.2, 0) is 21.2 Å². The molecule has 100 valence electrons. The summed E-state index contributed by atoms with van der Waals surface area (Å²) in [7, 11) is -3.71. The van der Waals surface area contributed by atoms with Crippen LogP contribution in [0.5, 0.6) is 0 Å². The van der Waals surface area contributed by atoms with Crippen molar-refractivity contribution in [3.05, 3.63) is 48.0 Å². The van der Waals surface area contributed by atoms with Crippen LogP contribution in [0.15, 0.2) is 41.7 Å². The highest BCUT2D eigenvalue weighted by Crippen LogP contribution is 2.14. The van der Waals surface area contributed by atoms with E-state index in [0.717, 1.165) is 15.9 Å². The highest BCUT2D eigenvalue weighted by Gasteiger charge is 2.17. The van der Waals surface area contributed by atoms with E-state index in [1.807, 2.05) is 6.92 Å². The number of aromatic nitrogens is 2. The minimum Gasteiger partial charge on any atom is -0.481 e. The Morgan fingerprint density at radius 1 is 1.32 bits per heavy atom. The molecule has 1 aromatic carbocycles. The summed E-state index contributed by atoms with van der Waals surface area (Å²) in [5.41, 5.74) is 1.15. The molecule has 0 aliphatic heterocycles. The van der Waals surface area contributed by atoms with Gasteiger partial charge in [-0.3, -0.25) is 4.79 Å². The van der Waals surface area contributed by atoms with Crippen molar-refractivity contribution in [3.63, 3.8) is 0 Å². The zero-order valence-corrected chi connectivity index (χ0v) is 11.0. The second kappa shape index (κ2) is 4.85. The van der Waals surface area contributed by atoms with Crippen LogP contribution >= 0.6 is 0 Å². The SMILES string of the molecule is Cc1ccc(S(=O)(=O)n2cnc(CC(=O)O)c2)cc1. The molecule has 0 radical (unpaired) electrons. The second-order valence-electron chi connectivity index (χ2n) is 4.08. The molecule has 2 rings (SSSR count). The van der Waals surface area contributed by atoms with Gasteiger partial charge in [0.1, 0.15) is 6.33 Å². The van der Waals surface area contributed by atoms with Gasteiger partial charge in [0.05, 0.1) is 17.0 Å². The van der Waals surface area contributed by atoms with Gasteiger partial charge in [-0.2, -0.15) is 0 Å². The van der Waals surface area contributed by atoms with Crippen LogP contribution in [0.2, 0.25) is 0 Å². The number of imidazole rings is 1. The summed E-state index contributed by atoms with van der Waals surface area (Å²) in [6, 6.07) is 6.40. The van der Waals surface area contributed by atoms with Crippen molar-refractivity contribution < 1.29 is 18.3 Å². The lowest BCUT2D eigenvalue weighted by atomic mass is 10.2. The quantitative estimate of drug-likeness (QED) is 0.904. The minimum absolute atomic E-state index is 0.136. The summed E-state index contributed by atoms with van der Waals surface area (Å²) in [4.78, 5) is 14.4. The van der Waals surface area contributed by atoms with Crippen molar-refractivity contribution >= 4 is 16.0 Å². The lowest BCUT2D eigenvalue weighted by molar-refractivity contribution is -0.136. The maximum absolute atomic E-state index is 12.2. The molecule has 0 spiro atoms. The molecular formula is C12H12N2O4S. The number of aryl methyl sites for hydroxylation is 1. The van der Waals surface area contributed by atoms with E-state index < -0.39 is 16.0 Å². The predicted octanol–water partition coefficient (Wildman–Crippen LogP) is 1.06. The van der Waals surface area contributed by atoms with Gasteiger partial charge in [-0.25, -0.2) is 17.4 Å². The molecule has 7 heteroatoms. The summed E-state index contributed by atoms with van der Waals surface area (Å²) >= 11 is 0. The number of aliphatic carboxylic acids is 1. The second-order valence-corrected chi connectivity index (χ2v) is 5.93. The van der Waals surface area contributed by atoms with Crippen molar-refractivity contribution in [2.45, 2.75) is 18.2 Å². The number of carboxylic acid groups (broad SMARTS) is 1. The van der Waals surface area contributed by atoms with Crippen LogP contribution in [0.25, 0.3) is 0 Å². The van der Waals surface area contributed by atoms with Gasteiger partial charge >= 0.3 is 5.97 Å². The monoisotopic (exact) mass is 280 g/mol. The summed E-state index contributed by atoms with van der Waals surface area (Å²) < 4.78 is 25.4. The first-order valence-electron chi connectivity index (χ1n) is 5.46. The molecule has 0 aliphatic rings. The zero-order chi connectivity index (χ0) is 14.0. The van der Waals surface area contributed by atoms with Crippen LogP contribution < -0.4 is 0 Å². The number of nitrogens with zero attached hydrogens (tertiary/aromatic N) is 2. The Kier molecular flexibility index (Phi) is 3.39. The molecule has 1 aromatic heterocycles. The fourth-order valence-corrected chi connectivity index (χ4v) is 2.71. The first kappa shape index (κ1) is 13.3. The molecule has 0 amide bonds. The lowest BCUT2D eigenvalue weighted by Crippen LogP contribution is -2.11. The highest BCUT2D eigenvalue weighted by molar-refractivity contribution is 7.90. The fraction of sp³-hybridized carbons (Fsp3) is 0.167. The molecule has 0 fully saturated rings. The maximum Gasteiger partial charge on any atom is 0.309 e. The van der Waals surface area contributed by atoms with Crippen molar-refractivity contribution in [2.24, 2.45) is 0 Å². The van der Waals surface area contributed by atoms with E-state index in [4.69, 9.17) is 5.11 Å². The Labute approximate surface area is 110 Å². The van der Waals surface area contributed by atoms with Gasteiger partial charge in [0.2, 0.25) is 0 Å². The molecular weight excluding hydrogens is 268 g/mol. The molecule has 0 aliphatic carbocycles. The summed E-state index contributed by atoms with van der Waals surface area (Å²) in [5.74, 6) is -1.06. The Morgan fingerprint density at radius 2 is 1.95 bits per heavy atom. The Hall–Kier alpha value is -2.15. The van der Waals surface area contributed by atoms with Gasteiger partial charge < -0.3 is 5.11 Å². The largest absolute Gasteiger partial charge is 0.481 e. The fourth-order valence-electron chi connectivity index (χ4n) is 1.55. The van der Waals surface area contributed by atoms with E-state index in [1.54, 1.807) is 12.1 Å². The molecule has 0 unspecified atom stereocenters. The van der Waals surface area contributed by atoms with Crippen molar-refractivity contribution in [1.29, 1.82) is 0 Å². The smallest absolute Gasteiger partial charge is 0.309 e. The maximum atomic E-state index is 12.2. The molecule has 2 aromatic rings. The van der Waals surface area contributed by atoms with Crippen molar-refractivity contribution in [3.8, 4) is 0 Å². The Balaban J connectivity index is 2.37. The number of carbonyl (C=O) groups is 1. The van der Waals surface area contributed by atoms with Gasteiger partial charge in [0, 0.05) is 6.20 Å². The standard InChI is InChI=1S/C12H12N2O4S/c1-9-2-4-11(5-3-9)19(17,18)14-7-10(13-8-14)6-12(15)16/h2-5,7-8H,6H2,1H3,(H,15,16). The zero-order valence-electron chi connectivity index (χ0n) is 10.1. The van der Waals surface area contributed by atoms with Gasteiger partial charge in [-0.1, -0.05) is 17.7 Å². The van der Waals surface area contributed by atoms with Crippen LogP contribution in [0, 0.1) is 6.92 Å². The average Bonchev–Trinajstić information content (AvgIpc) is 2.78. The van der Waals surface area contributed by atoms with Gasteiger partial charge in [0.15, 0.2) is 0 Å². The molecule has 0 saturated heterocycles.